The number of carbonyl (C=O) groups is 2. The number of rotatable bonds is 9. The minimum absolute atomic E-state index is 0.0446. The molecule has 1 aromatic heterocycles. The number of aromatic nitrogens is 2. The molecule has 2 amide bonds. The minimum atomic E-state index is -0.378. The number of aryl methyl sites for hydroxylation is 1. The Morgan fingerprint density at radius 1 is 1.09 bits per heavy atom. The van der Waals surface area contributed by atoms with Gasteiger partial charge in [-0.05, 0) is 36.8 Å². The van der Waals surface area contributed by atoms with Gasteiger partial charge in [0.05, 0.1) is 25.0 Å². The highest BCUT2D eigenvalue weighted by Crippen LogP contribution is 2.14. The van der Waals surface area contributed by atoms with E-state index in [0.717, 1.165) is 22.9 Å². The molecule has 0 aliphatic rings. The number of H-pyrrole nitrogens is 1. The standard InChI is InChI=1S/C23H24N4O4S/c1-15-6-8-17(9-7-15)25-22(30)14-32-23-26-18(12-21(29)27-23)11-20(28)24-13-16-4-3-5-19(10-16)31-2/h3-10,12H,11,13-14H2,1-2H3,(H,24,28)(H,25,30)(H,26,27,29). The molecule has 3 rings (SSSR count). The number of hydrogen-bond donors (Lipinski definition) is 3. The van der Waals surface area contributed by atoms with Gasteiger partial charge in [0.2, 0.25) is 11.8 Å². The van der Waals surface area contributed by atoms with Crippen LogP contribution < -0.4 is 20.9 Å². The third-order valence-corrected chi connectivity index (χ3v) is 5.29. The maximum atomic E-state index is 12.3. The highest BCUT2D eigenvalue weighted by molar-refractivity contribution is 7.99. The summed E-state index contributed by atoms with van der Waals surface area (Å²) in [6.45, 7) is 2.30. The van der Waals surface area contributed by atoms with E-state index < -0.39 is 0 Å². The molecule has 8 nitrogen and oxygen atoms in total. The zero-order valence-electron chi connectivity index (χ0n) is 17.8. The Balaban J connectivity index is 1.52. The van der Waals surface area contributed by atoms with Gasteiger partial charge in [0, 0.05) is 18.3 Å². The van der Waals surface area contributed by atoms with Gasteiger partial charge >= 0.3 is 0 Å². The second-order valence-corrected chi connectivity index (χ2v) is 8.01. The molecular formula is C23H24N4O4S. The van der Waals surface area contributed by atoms with Crippen molar-refractivity contribution < 1.29 is 14.3 Å². The van der Waals surface area contributed by atoms with Gasteiger partial charge in [-0.25, -0.2) is 4.98 Å². The highest BCUT2D eigenvalue weighted by atomic mass is 32.2. The molecule has 0 radical (unpaired) electrons. The van der Waals surface area contributed by atoms with Gasteiger partial charge in [0.15, 0.2) is 5.16 Å². The zero-order valence-corrected chi connectivity index (χ0v) is 18.6. The lowest BCUT2D eigenvalue weighted by Gasteiger charge is -2.08. The van der Waals surface area contributed by atoms with E-state index in [4.69, 9.17) is 4.74 Å². The predicted octanol–water partition coefficient (Wildman–Crippen LogP) is 2.68. The lowest BCUT2D eigenvalue weighted by atomic mass is 10.2. The number of carbonyl (C=O) groups excluding carboxylic acids is 2. The lowest BCUT2D eigenvalue weighted by Crippen LogP contribution is -2.26. The molecule has 9 heteroatoms. The SMILES string of the molecule is COc1cccc(CNC(=O)Cc2cc(=O)[nH]c(SCC(=O)Nc3ccc(C)cc3)n2)c1. The summed E-state index contributed by atoms with van der Waals surface area (Å²) in [4.78, 5) is 43.3. The molecule has 166 valence electrons. The number of nitrogens with one attached hydrogen (secondary N) is 3. The molecule has 2 aromatic carbocycles. The predicted molar refractivity (Wildman–Crippen MR) is 124 cm³/mol. The molecule has 3 N–H and O–H groups in total. The Labute approximate surface area is 189 Å². The summed E-state index contributed by atoms with van der Waals surface area (Å²) in [6, 6.07) is 16.1. The summed E-state index contributed by atoms with van der Waals surface area (Å²) in [5.74, 6) is 0.297. The molecule has 0 aliphatic carbocycles. The first kappa shape index (κ1) is 23.1. The quantitative estimate of drug-likeness (QED) is 0.340. The number of aromatic amines is 1. The van der Waals surface area contributed by atoms with E-state index in [1.54, 1.807) is 7.11 Å². The van der Waals surface area contributed by atoms with E-state index in [-0.39, 0.29) is 34.7 Å². The lowest BCUT2D eigenvalue weighted by molar-refractivity contribution is -0.120. The van der Waals surface area contributed by atoms with E-state index in [0.29, 0.717) is 23.7 Å². The minimum Gasteiger partial charge on any atom is -0.497 e. The Bertz CT molecular complexity index is 1150. The fraction of sp³-hybridized carbons (Fsp3) is 0.217. The number of anilines is 1. The number of benzene rings is 2. The number of nitrogens with zero attached hydrogens (tertiary/aromatic N) is 1. The van der Waals surface area contributed by atoms with Gasteiger partial charge in [-0.3, -0.25) is 14.4 Å². The number of thioether (sulfide) groups is 1. The van der Waals surface area contributed by atoms with Gasteiger partial charge in [-0.2, -0.15) is 0 Å². The summed E-state index contributed by atoms with van der Waals surface area (Å²) in [6.07, 6.45) is -0.0446. The summed E-state index contributed by atoms with van der Waals surface area (Å²) in [5, 5.41) is 5.87. The van der Waals surface area contributed by atoms with Crippen molar-refractivity contribution in [3.05, 3.63) is 81.8 Å². The second kappa shape index (κ2) is 11.1. The Morgan fingerprint density at radius 2 is 1.88 bits per heavy atom. The largest absolute Gasteiger partial charge is 0.497 e. The first-order valence-corrected chi connectivity index (χ1v) is 10.9. The molecule has 3 aromatic rings. The van der Waals surface area contributed by atoms with Crippen molar-refractivity contribution in [3.63, 3.8) is 0 Å². The fourth-order valence-electron chi connectivity index (χ4n) is 2.82. The van der Waals surface area contributed by atoms with Gasteiger partial charge in [-0.15, -0.1) is 0 Å². The third kappa shape index (κ3) is 7.28. The van der Waals surface area contributed by atoms with Gasteiger partial charge < -0.3 is 20.4 Å². The normalized spacial score (nSPS) is 10.4. The maximum Gasteiger partial charge on any atom is 0.251 e. The van der Waals surface area contributed by atoms with Crippen molar-refractivity contribution in [1.29, 1.82) is 0 Å². The van der Waals surface area contributed by atoms with Crippen LogP contribution >= 0.6 is 11.8 Å². The van der Waals surface area contributed by atoms with E-state index in [1.165, 1.54) is 6.07 Å². The van der Waals surface area contributed by atoms with Crippen LogP contribution in [-0.4, -0.2) is 34.6 Å². The van der Waals surface area contributed by atoms with E-state index in [9.17, 15) is 14.4 Å². The molecular weight excluding hydrogens is 428 g/mol. The second-order valence-electron chi connectivity index (χ2n) is 7.05. The number of ether oxygens (including phenoxy) is 1. The third-order valence-electron chi connectivity index (χ3n) is 4.41. The van der Waals surface area contributed by atoms with Crippen molar-refractivity contribution in [1.82, 2.24) is 15.3 Å². The Hall–Kier alpha value is -3.59. The Kier molecular flexibility index (Phi) is 8.04. The molecule has 32 heavy (non-hydrogen) atoms. The van der Waals surface area contributed by atoms with Crippen LogP contribution in [0.5, 0.6) is 5.75 Å². The first-order chi connectivity index (χ1) is 15.4. The van der Waals surface area contributed by atoms with Crippen LogP contribution in [0.1, 0.15) is 16.8 Å². The van der Waals surface area contributed by atoms with Crippen molar-refractivity contribution in [2.45, 2.75) is 25.0 Å². The van der Waals surface area contributed by atoms with Gasteiger partial charge in [0.25, 0.3) is 5.56 Å². The average Bonchev–Trinajstić information content (AvgIpc) is 2.78. The Morgan fingerprint density at radius 3 is 2.62 bits per heavy atom. The van der Waals surface area contributed by atoms with Gasteiger partial charge in [0.1, 0.15) is 5.75 Å². The molecule has 0 bridgehead atoms. The zero-order chi connectivity index (χ0) is 22.9. The van der Waals surface area contributed by atoms with Gasteiger partial charge in [-0.1, -0.05) is 41.6 Å². The monoisotopic (exact) mass is 452 g/mol. The summed E-state index contributed by atoms with van der Waals surface area (Å²) < 4.78 is 5.17. The van der Waals surface area contributed by atoms with Crippen molar-refractivity contribution >= 4 is 29.3 Å². The van der Waals surface area contributed by atoms with E-state index in [1.807, 2.05) is 55.5 Å². The van der Waals surface area contributed by atoms with E-state index >= 15 is 0 Å². The van der Waals surface area contributed by atoms with Crippen LogP contribution in [0.4, 0.5) is 5.69 Å². The fourth-order valence-corrected chi connectivity index (χ4v) is 3.51. The average molecular weight is 453 g/mol. The number of amides is 2. The van der Waals surface area contributed by atoms with Crippen molar-refractivity contribution in [2.75, 3.05) is 18.2 Å². The van der Waals surface area contributed by atoms with Crippen LogP contribution in [0.3, 0.4) is 0 Å². The molecule has 0 atom stereocenters. The van der Waals surface area contributed by atoms with E-state index in [2.05, 4.69) is 20.6 Å². The van der Waals surface area contributed by atoms with Crippen LogP contribution in [-0.2, 0) is 22.6 Å². The molecule has 1 heterocycles. The molecule has 0 unspecified atom stereocenters. The van der Waals surface area contributed by atoms with Crippen LogP contribution in [0.25, 0.3) is 0 Å². The van der Waals surface area contributed by atoms with Crippen LogP contribution in [0.2, 0.25) is 0 Å². The molecule has 0 saturated heterocycles. The topological polar surface area (TPSA) is 113 Å². The smallest absolute Gasteiger partial charge is 0.251 e. The van der Waals surface area contributed by atoms with Crippen molar-refractivity contribution in [3.8, 4) is 5.75 Å². The number of methoxy groups -OCH3 is 1. The molecule has 0 fully saturated rings. The van der Waals surface area contributed by atoms with Crippen LogP contribution in [0, 0.1) is 6.92 Å². The molecule has 0 saturated carbocycles. The summed E-state index contributed by atoms with van der Waals surface area (Å²) in [5.41, 5.74) is 2.65. The maximum absolute atomic E-state index is 12.3. The summed E-state index contributed by atoms with van der Waals surface area (Å²) in [7, 11) is 1.58. The number of hydrogen-bond acceptors (Lipinski definition) is 6. The molecule has 0 spiro atoms. The summed E-state index contributed by atoms with van der Waals surface area (Å²) >= 11 is 1.10. The van der Waals surface area contributed by atoms with Crippen LogP contribution in [0.15, 0.2) is 64.5 Å². The first-order valence-electron chi connectivity index (χ1n) is 9.90. The molecule has 0 aliphatic heterocycles. The highest BCUT2D eigenvalue weighted by Gasteiger charge is 2.10. The van der Waals surface area contributed by atoms with Crippen molar-refractivity contribution in [2.24, 2.45) is 0 Å².